The molecule has 0 aliphatic heterocycles. The first-order valence-corrected chi connectivity index (χ1v) is 9.48. The summed E-state index contributed by atoms with van der Waals surface area (Å²) in [5.41, 5.74) is 1.13. The molecular formula is C21H21BrN2O4. The van der Waals surface area contributed by atoms with Gasteiger partial charge in [0, 0.05) is 11.8 Å². The zero-order valence-electron chi connectivity index (χ0n) is 15.9. The standard InChI is InChI=1S/C21H21BrN2O4/c1-4-27-17-8-6-7-16(12-17)24-21(25)15(13-23)9-14-10-18(22)20(26-3)19(11-14)28-5-2/h6-12H,4-5H2,1-3H3,(H,24,25)/b15-9+. The van der Waals surface area contributed by atoms with Gasteiger partial charge in [-0.05, 0) is 65.7 Å². The predicted molar refractivity (Wildman–Crippen MR) is 112 cm³/mol. The maximum Gasteiger partial charge on any atom is 0.266 e. The average Bonchev–Trinajstić information content (AvgIpc) is 2.66. The molecule has 1 N–H and O–H groups in total. The molecule has 0 bridgehead atoms. The first-order valence-electron chi connectivity index (χ1n) is 8.68. The Morgan fingerprint density at radius 1 is 1.21 bits per heavy atom. The summed E-state index contributed by atoms with van der Waals surface area (Å²) in [4.78, 5) is 12.5. The van der Waals surface area contributed by atoms with Crippen molar-refractivity contribution in [2.45, 2.75) is 13.8 Å². The van der Waals surface area contributed by atoms with Gasteiger partial charge >= 0.3 is 0 Å². The Morgan fingerprint density at radius 3 is 2.61 bits per heavy atom. The second-order valence-corrected chi connectivity index (χ2v) is 6.41. The van der Waals surface area contributed by atoms with Crippen LogP contribution in [-0.2, 0) is 4.79 Å². The molecule has 7 heteroatoms. The third kappa shape index (κ3) is 5.51. The number of amides is 1. The van der Waals surface area contributed by atoms with Gasteiger partial charge in [0.2, 0.25) is 0 Å². The molecule has 2 rings (SSSR count). The molecule has 0 aliphatic carbocycles. The SMILES string of the molecule is CCOc1cccc(NC(=O)/C(C#N)=C/c2cc(Br)c(OC)c(OCC)c2)c1. The number of carbonyl (C=O) groups is 1. The fourth-order valence-corrected chi connectivity index (χ4v) is 3.10. The summed E-state index contributed by atoms with van der Waals surface area (Å²) in [6.45, 7) is 4.72. The van der Waals surface area contributed by atoms with E-state index in [1.54, 1.807) is 43.5 Å². The van der Waals surface area contributed by atoms with Crippen molar-refractivity contribution in [3.8, 4) is 23.3 Å². The molecule has 0 aliphatic rings. The third-order valence-corrected chi connectivity index (χ3v) is 4.20. The van der Waals surface area contributed by atoms with Crippen LogP contribution in [0.1, 0.15) is 19.4 Å². The number of hydrogen-bond donors (Lipinski definition) is 1. The van der Waals surface area contributed by atoms with Crippen molar-refractivity contribution in [2.24, 2.45) is 0 Å². The van der Waals surface area contributed by atoms with E-state index in [1.165, 1.54) is 6.08 Å². The van der Waals surface area contributed by atoms with E-state index < -0.39 is 5.91 Å². The van der Waals surface area contributed by atoms with E-state index in [9.17, 15) is 10.1 Å². The van der Waals surface area contributed by atoms with E-state index in [0.717, 1.165) is 0 Å². The summed E-state index contributed by atoms with van der Waals surface area (Å²) in [5, 5.41) is 12.2. The molecule has 0 spiro atoms. The van der Waals surface area contributed by atoms with E-state index >= 15 is 0 Å². The van der Waals surface area contributed by atoms with Crippen molar-refractivity contribution in [3.63, 3.8) is 0 Å². The van der Waals surface area contributed by atoms with Crippen LogP contribution in [0.2, 0.25) is 0 Å². The molecule has 0 fully saturated rings. The van der Waals surface area contributed by atoms with Gasteiger partial charge in [-0.25, -0.2) is 0 Å². The topological polar surface area (TPSA) is 80.6 Å². The second-order valence-electron chi connectivity index (χ2n) is 5.55. The summed E-state index contributed by atoms with van der Waals surface area (Å²) >= 11 is 3.42. The first kappa shape index (κ1) is 21.3. The van der Waals surface area contributed by atoms with Gasteiger partial charge in [-0.1, -0.05) is 6.07 Å². The largest absolute Gasteiger partial charge is 0.494 e. The summed E-state index contributed by atoms with van der Waals surface area (Å²) in [6.07, 6.45) is 1.49. The molecule has 28 heavy (non-hydrogen) atoms. The minimum Gasteiger partial charge on any atom is -0.494 e. The monoisotopic (exact) mass is 444 g/mol. The van der Waals surface area contributed by atoms with Crippen LogP contribution in [0.15, 0.2) is 46.4 Å². The smallest absolute Gasteiger partial charge is 0.266 e. The van der Waals surface area contributed by atoms with E-state index in [1.807, 2.05) is 19.9 Å². The number of nitrogens with one attached hydrogen (secondary N) is 1. The highest BCUT2D eigenvalue weighted by Crippen LogP contribution is 2.37. The van der Waals surface area contributed by atoms with Gasteiger partial charge in [0.15, 0.2) is 11.5 Å². The van der Waals surface area contributed by atoms with E-state index in [4.69, 9.17) is 14.2 Å². The van der Waals surface area contributed by atoms with Gasteiger partial charge in [-0.2, -0.15) is 5.26 Å². The molecular weight excluding hydrogens is 424 g/mol. The van der Waals surface area contributed by atoms with Crippen LogP contribution in [0, 0.1) is 11.3 Å². The van der Waals surface area contributed by atoms with Crippen LogP contribution in [0.5, 0.6) is 17.2 Å². The Kier molecular flexibility index (Phi) is 7.90. The zero-order valence-corrected chi connectivity index (χ0v) is 17.5. The maximum atomic E-state index is 12.5. The highest BCUT2D eigenvalue weighted by atomic mass is 79.9. The molecule has 0 saturated carbocycles. The van der Waals surface area contributed by atoms with Crippen molar-refractivity contribution in [3.05, 3.63) is 52.0 Å². The van der Waals surface area contributed by atoms with Gasteiger partial charge in [0.25, 0.3) is 5.91 Å². The molecule has 0 radical (unpaired) electrons. The van der Waals surface area contributed by atoms with Crippen molar-refractivity contribution < 1.29 is 19.0 Å². The van der Waals surface area contributed by atoms with Crippen molar-refractivity contribution in [2.75, 3.05) is 25.6 Å². The van der Waals surface area contributed by atoms with Crippen LogP contribution in [0.25, 0.3) is 6.08 Å². The Labute approximate surface area is 172 Å². The molecule has 0 heterocycles. The van der Waals surface area contributed by atoms with Gasteiger partial charge in [0.05, 0.1) is 24.8 Å². The van der Waals surface area contributed by atoms with E-state index in [-0.39, 0.29) is 5.57 Å². The maximum absolute atomic E-state index is 12.5. The molecule has 146 valence electrons. The number of anilines is 1. The van der Waals surface area contributed by atoms with Crippen molar-refractivity contribution in [1.29, 1.82) is 5.26 Å². The lowest BCUT2D eigenvalue weighted by molar-refractivity contribution is -0.112. The summed E-state index contributed by atoms with van der Waals surface area (Å²) < 4.78 is 17.0. The van der Waals surface area contributed by atoms with E-state index in [0.29, 0.717) is 46.2 Å². The Bertz CT molecular complexity index is 919. The highest BCUT2D eigenvalue weighted by molar-refractivity contribution is 9.10. The van der Waals surface area contributed by atoms with Crippen LogP contribution < -0.4 is 19.5 Å². The van der Waals surface area contributed by atoms with Gasteiger partial charge in [0.1, 0.15) is 17.4 Å². The fourth-order valence-electron chi connectivity index (χ4n) is 2.48. The lowest BCUT2D eigenvalue weighted by Gasteiger charge is -2.12. The lowest BCUT2D eigenvalue weighted by atomic mass is 10.1. The number of benzene rings is 2. The number of nitrogens with zero attached hydrogens (tertiary/aromatic N) is 1. The van der Waals surface area contributed by atoms with Crippen LogP contribution in [0.3, 0.4) is 0 Å². The number of nitriles is 1. The number of halogens is 1. The zero-order chi connectivity index (χ0) is 20.5. The molecule has 0 saturated heterocycles. The quantitative estimate of drug-likeness (QED) is 0.467. The van der Waals surface area contributed by atoms with Gasteiger partial charge < -0.3 is 19.5 Å². The number of hydrogen-bond acceptors (Lipinski definition) is 5. The molecule has 2 aromatic carbocycles. The molecule has 0 aromatic heterocycles. The normalized spacial score (nSPS) is 10.8. The molecule has 2 aromatic rings. The molecule has 1 amide bonds. The number of methoxy groups -OCH3 is 1. The van der Waals surface area contributed by atoms with Gasteiger partial charge in [-0.15, -0.1) is 0 Å². The Morgan fingerprint density at radius 2 is 1.96 bits per heavy atom. The van der Waals surface area contributed by atoms with Crippen molar-refractivity contribution >= 4 is 33.6 Å². The average molecular weight is 445 g/mol. The van der Waals surface area contributed by atoms with Crippen LogP contribution in [0.4, 0.5) is 5.69 Å². The lowest BCUT2D eigenvalue weighted by Crippen LogP contribution is -2.13. The Balaban J connectivity index is 2.29. The first-order chi connectivity index (χ1) is 13.5. The minimum atomic E-state index is -0.513. The summed E-state index contributed by atoms with van der Waals surface area (Å²) in [5.74, 6) is 1.20. The minimum absolute atomic E-state index is 0.0404. The third-order valence-electron chi connectivity index (χ3n) is 3.61. The molecule has 0 atom stereocenters. The van der Waals surface area contributed by atoms with Crippen LogP contribution in [-0.4, -0.2) is 26.2 Å². The second kappa shape index (κ2) is 10.4. The number of carbonyl (C=O) groups excluding carboxylic acids is 1. The molecule has 0 unspecified atom stereocenters. The summed E-state index contributed by atoms with van der Waals surface area (Å²) in [7, 11) is 1.54. The number of ether oxygens (including phenoxy) is 3. The fraction of sp³-hybridized carbons (Fsp3) is 0.238. The summed E-state index contributed by atoms with van der Waals surface area (Å²) in [6, 6.07) is 12.4. The van der Waals surface area contributed by atoms with E-state index in [2.05, 4.69) is 21.2 Å². The van der Waals surface area contributed by atoms with Crippen molar-refractivity contribution in [1.82, 2.24) is 0 Å². The Hall–Kier alpha value is -2.98. The highest BCUT2D eigenvalue weighted by Gasteiger charge is 2.14. The van der Waals surface area contributed by atoms with Crippen LogP contribution >= 0.6 is 15.9 Å². The van der Waals surface area contributed by atoms with Gasteiger partial charge in [-0.3, -0.25) is 4.79 Å². The number of rotatable bonds is 8. The predicted octanol–water partition coefficient (Wildman–Crippen LogP) is 4.80. The molecule has 6 nitrogen and oxygen atoms in total.